The molecule has 0 spiro atoms. The van der Waals surface area contributed by atoms with Crippen molar-refractivity contribution in [3.8, 4) is 0 Å². The summed E-state index contributed by atoms with van der Waals surface area (Å²) in [6, 6.07) is 0. The molecule has 0 aliphatic rings. The molecule has 0 heterocycles. The number of hydrogen-bond acceptors (Lipinski definition) is 1. The molecule has 0 radical (unpaired) electrons. The van der Waals surface area contributed by atoms with Crippen LogP contribution in [0.4, 0.5) is 0 Å². The first-order valence-electron chi connectivity index (χ1n) is 2.62. The van der Waals surface area contributed by atoms with Gasteiger partial charge in [0.15, 0.2) is 0 Å². The Morgan fingerprint density at radius 2 is 1.75 bits per heavy atom. The average Bonchev–Trinajstić information content (AvgIpc) is 1.61. The SMILES string of the molecule is CCCCCN.P.S. The molecular formula is C5H18NPS. The van der Waals surface area contributed by atoms with Crippen LogP contribution in [0.2, 0.25) is 0 Å². The predicted octanol–water partition coefficient (Wildman–Crippen LogP) is 1.31. The highest BCUT2D eigenvalue weighted by Gasteiger charge is 1.75. The van der Waals surface area contributed by atoms with E-state index in [1.165, 1.54) is 19.3 Å². The third-order valence-corrected chi connectivity index (χ3v) is 0.808. The summed E-state index contributed by atoms with van der Waals surface area (Å²) in [5, 5.41) is 0. The van der Waals surface area contributed by atoms with Crippen molar-refractivity contribution in [1.82, 2.24) is 0 Å². The van der Waals surface area contributed by atoms with Gasteiger partial charge in [-0.3, -0.25) is 0 Å². The van der Waals surface area contributed by atoms with E-state index in [4.69, 9.17) is 5.73 Å². The minimum atomic E-state index is 0. The molecule has 0 saturated carbocycles. The van der Waals surface area contributed by atoms with Crippen LogP contribution in [-0.4, -0.2) is 6.54 Å². The molecule has 54 valence electrons. The largest absolute Gasteiger partial charge is 0.330 e. The molecule has 3 heteroatoms. The lowest BCUT2D eigenvalue weighted by atomic mass is 10.3. The zero-order valence-electron chi connectivity index (χ0n) is 5.61. The highest BCUT2D eigenvalue weighted by atomic mass is 32.1. The lowest BCUT2D eigenvalue weighted by molar-refractivity contribution is 0.727. The normalized spacial score (nSPS) is 6.75. The van der Waals surface area contributed by atoms with E-state index in [1.807, 2.05) is 0 Å². The molecule has 1 unspecified atom stereocenters. The lowest BCUT2D eigenvalue weighted by Crippen LogP contribution is -1.96. The monoisotopic (exact) mass is 155 g/mol. The van der Waals surface area contributed by atoms with Crippen LogP contribution in [-0.2, 0) is 0 Å². The second-order valence-corrected chi connectivity index (χ2v) is 1.50. The summed E-state index contributed by atoms with van der Waals surface area (Å²) >= 11 is 0. The molecule has 1 atom stereocenters. The molecule has 0 bridgehead atoms. The van der Waals surface area contributed by atoms with Crippen LogP contribution in [0.15, 0.2) is 0 Å². The van der Waals surface area contributed by atoms with Gasteiger partial charge in [0.05, 0.1) is 0 Å². The van der Waals surface area contributed by atoms with E-state index in [2.05, 4.69) is 6.92 Å². The van der Waals surface area contributed by atoms with Gasteiger partial charge in [-0.25, -0.2) is 0 Å². The third kappa shape index (κ3) is 15.9. The van der Waals surface area contributed by atoms with Crippen molar-refractivity contribution in [2.45, 2.75) is 26.2 Å². The lowest BCUT2D eigenvalue weighted by Gasteiger charge is -1.86. The maximum Gasteiger partial charge on any atom is -0.00773 e. The molecule has 0 fully saturated rings. The van der Waals surface area contributed by atoms with Crippen molar-refractivity contribution < 1.29 is 0 Å². The Labute approximate surface area is 62.5 Å². The first kappa shape index (κ1) is 15.9. The second-order valence-electron chi connectivity index (χ2n) is 1.50. The fourth-order valence-electron chi connectivity index (χ4n) is 0.394. The predicted molar refractivity (Wildman–Crippen MR) is 50.1 cm³/mol. The van der Waals surface area contributed by atoms with E-state index in [9.17, 15) is 0 Å². The summed E-state index contributed by atoms with van der Waals surface area (Å²) in [4.78, 5) is 0. The quantitative estimate of drug-likeness (QED) is 0.482. The van der Waals surface area contributed by atoms with Gasteiger partial charge < -0.3 is 5.73 Å². The number of unbranched alkanes of at least 4 members (excludes halogenated alkanes) is 2. The zero-order chi connectivity index (χ0) is 4.83. The van der Waals surface area contributed by atoms with Gasteiger partial charge in [-0.2, -0.15) is 23.4 Å². The zero-order valence-corrected chi connectivity index (χ0v) is 8.03. The van der Waals surface area contributed by atoms with Crippen LogP contribution < -0.4 is 5.73 Å². The summed E-state index contributed by atoms with van der Waals surface area (Å²) in [6.07, 6.45) is 3.75. The van der Waals surface area contributed by atoms with Crippen molar-refractivity contribution in [3.63, 3.8) is 0 Å². The smallest absolute Gasteiger partial charge is 0.00773 e. The first-order chi connectivity index (χ1) is 2.91. The highest BCUT2D eigenvalue weighted by molar-refractivity contribution is 7.59. The summed E-state index contributed by atoms with van der Waals surface area (Å²) < 4.78 is 0. The van der Waals surface area contributed by atoms with Crippen LogP contribution in [0, 0.1) is 0 Å². The maximum absolute atomic E-state index is 5.21. The topological polar surface area (TPSA) is 26.0 Å². The van der Waals surface area contributed by atoms with Crippen LogP contribution in [0.3, 0.4) is 0 Å². The van der Waals surface area contributed by atoms with Gasteiger partial charge in [-0.1, -0.05) is 19.8 Å². The molecule has 0 aromatic rings. The summed E-state index contributed by atoms with van der Waals surface area (Å²) in [7, 11) is 0. The van der Waals surface area contributed by atoms with E-state index in [0.717, 1.165) is 6.54 Å². The fourth-order valence-corrected chi connectivity index (χ4v) is 0.394. The number of rotatable bonds is 3. The standard InChI is InChI=1S/C5H13N.H3P.H2S/c1-2-3-4-5-6;;/h2-6H2,1H3;1H3;1H2. The van der Waals surface area contributed by atoms with Gasteiger partial charge in [-0.15, -0.1) is 0 Å². The summed E-state index contributed by atoms with van der Waals surface area (Å²) in [6.45, 7) is 3.03. The van der Waals surface area contributed by atoms with E-state index < -0.39 is 0 Å². The Morgan fingerprint density at radius 3 is 1.88 bits per heavy atom. The third-order valence-electron chi connectivity index (χ3n) is 0.808. The van der Waals surface area contributed by atoms with E-state index >= 15 is 0 Å². The van der Waals surface area contributed by atoms with E-state index in [0.29, 0.717) is 0 Å². The Balaban J connectivity index is -0.000000125. The Morgan fingerprint density at radius 1 is 1.25 bits per heavy atom. The average molecular weight is 155 g/mol. The van der Waals surface area contributed by atoms with Crippen molar-refractivity contribution in [2.75, 3.05) is 6.54 Å². The maximum atomic E-state index is 5.21. The number of hydrogen-bond donors (Lipinski definition) is 1. The van der Waals surface area contributed by atoms with Crippen molar-refractivity contribution in [1.29, 1.82) is 0 Å². The second kappa shape index (κ2) is 15.6. The highest BCUT2D eigenvalue weighted by Crippen LogP contribution is 1.88. The van der Waals surface area contributed by atoms with Crippen molar-refractivity contribution in [2.24, 2.45) is 5.73 Å². The van der Waals surface area contributed by atoms with Crippen molar-refractivity contribution in [3.05, 3.63) is 0 Å². The Bertz CT molecular complexity index is 24.4. The van der Waals surface area contributed by atoms with Crippen LogP contribution in [0.1, 0.15) is 26.2 Å². The molecule has 0 aliphatic carbocycles. The van der Waals surface area contributed by atoms with Gasteiger partial charge in [0.25, 0.3) is 0 Å². The molecule has 2 N–H and O–H groups in total. The minimum Gasteiger partial charge on any atom is -0.330 e. The van der Waals surface area contributed by atoms with E-state index in [-0.39, 0.29) is 23.4 Å². The van der Waals surface area contributed by atoms with Gasteiger partial charge in [0.2, 0.25) is 0 Å². The van der Waals surface area contributed by atoms with E-state index in [1.54, 1.807) is 0 Å². The molecule has 0 aliphatic heterocycles. The van der Waals surface area contributed by atoms with Gasteiger partial charge in [0, 0.05) is 0 Å². The minimum absolute atomic E-state index is 0. The molecule has 0 saturated heterocycles. The summed E-state index contributed by atoms with van der Waals surface area (Å²) in [5.74, 6) is 0. The van der Waals surface area contributed by atoms with Gasteiger partial charge in [0.1, 0.15) is 0 Å². The Kier molecular flexibility index (Phi) is 31.1. The number of nitrogens with two attached hydrogens (primary N) is 1. The first-order valence-corrected chi connectivity index (χ1v) is 2.62. The molecule has 0 aromatic carbocycles. The molecule has 0 aromatic heterocycles. The van der Waals surface area contributed by atoms with Crippen LogP contribution in [0.5, 0.6) is 0 Å². The molecule has 1 nitrogen and oxygen atoms in total. The summed E-state index contributed by atoms with van der Waals surface area (Å²) in [5.41, 5.74) is 5.21. The molecule has 0 amide bonds. The molecular weight excluding hydrogens is 137 g/mol. The van der Waals surface area contributed by atoms with Crippen molar-refractivity contribution >= 4 is 23.4 Å². The van der Waals surface area contributed by atoms with Gasteiger partial charge in [-0.05, 0) is 13.0 Å². The molecule has 0 rings (SSSR count). The van der Waals surface area contributed by atoms with Crippen LogP contribution >= 0.6 is 23.4 Å². The molecule has 8 heavy (non-hydrogen) atoms. The fraction of sp³-hybridized carbons (Fsp3) is 1.00. The Hall–Kier alpha value is 0.740. The van der Waals surface area contributed by atoms with Crippen LogP contribution in [0.25, 0.3) is 0 Å². The van der Waals surface area contributed by atoms with Gasteiger partial charge >= 0.3 is 0 Å².